The van der Waals surface area contributed by atoms with Gasteiger partial charge in [0, 0.05) is 29.8 Å². The first-order valence-corrected chi connectivity index (χ1v) is 8.99. The summed E-state index contributed by atoms with van der Waals surface area (Å²) in [6.07, 6.45) is 0.675. The number of ether oxygens (including phenoxy) is 2. The summed E-state index contributed by atoms with van der Waals surface area (Å²) in [7, 11) is 3.27. The van der Waals surface area contributed by atoms with Crippen molar-refractivity contribution in [3.05, 3.63) is 53.3 Å². The largest absolute Gasteiger partial charge is 0.497 e. The number of H-pyrrole nitrogens is 1. The van der Waals surface area contributed by atoms with Crippen molar-refractivity contribution in [2.45, 2.75) is 20.0 Å². The van der Waals surface area contributed by atoms with Gasteiger partial charge in [-0.2, -0.15) is 0 Å². The highest BCUT2D eigenvalue weighted by molar-refractivity contribution is 5.90. The fraction of sp³-hybridized carbons (Fsp3) is 0.238. The molecule has 4 rings (SSSR count). The number of nitrogens with zero attached hydrogens (tertiary/aromatic N) is 2. The SMILES string of the molecule is CCc1cc(C(=O)O)cc2nc(-c3cc4ccc(OC)cc4[nH]3)c(COC)n12. The average molecular weight is 379 g/mol. The Bertz CT molecular complexity index is 1190. The Balaban J connectivity index is 1.97. The highest BCUT2D eigenvalue weighted by atomic mass is 16.5. The highest BCUT2D eigenvalue weighted by Crippen LogP contribution is 2.30. The third-order valence-electron chi connectivity index (χ3n) is 4.87. The Kier molecular flexibility index (Phi) is 4.52. The normalized spacial score (nSPS) is 11.4. The molecule has 0 aliphatic carbocycles. The van der Waals surface area contributed by atoms with Gasteiger partial charge >= 0.3 is 5.97 Å². The van der Waals surface area contributed by atoms with Gasteiger partial charge < -0.3 is 19.6 Å². The van der Waals surface area contributed by atoms with Crippen molar-refractivity contribution >= 4 is 22.5 Å². The van der Waals surface area contributed by atoms with Gasteiger partial charge in [0.2, 0.25) is 0 Å². The molecule has 0 radical (unpaired) electrons. The van der Waals surface area contributed by atoms with Crippen LogP contribution in [-0.4, -0.2) is 39.7 Å². The van der Waals surface area contributed by atoms with Crippen molar-refractivity contribution in [2.24, 2.45) is 0 Å². The summed E-state index contributed by atoms with van der Waals surface area (Å²) >= 11 is 0. The third kappa shape index (κ3) is 2.90. The maximum absolute atomic E-state index is 11.5. The quantitative estimate of drug-likeness (QED) is 0.530. The van der Waals surface area contributed by atoms with Crippen LogP contribution < -0.4 is 4.74 Å². The van der Waals surface area contributed by atoms with E-state index in [9.17, 15) is 9.90 Å². The van der Waals surface area contributed by atoms with E-state index in [2.05, 4.69) is 4.98 Å². The number of hydrogen-bond donors (Lipinski definition) is 2. The van der Waals surface area contributed by atoms with Gasteiger partial charge in [0.25, 0.3) is 0 Å². The Morgan fingerprint density at radius 1 is 1.21 bits per heavy atom. The second kappa shape index (κ2) is 7.01. The Labute approximate surface area is 161 Å². The molecule has 0 unspecified atom stereocenters. The van der Waals surface area contributed by atoms with Crippen LogP contribution in [0.15, 0.2) is 36.4 Å². The van der Waals surface area contributed by atoms with Crippen LogP contribution in [0.25, 0.3) is 27.9 Å². The van der Waals surface area contributed by atoms with Crippen molar-refractivity contribution < 1.29 is 19.4 Å². The molecular weight excluding hydrogens is 358 g/mol. The molecule has 0 amide bonds. The molecule has 7 heteroatoms. The minimum atomic E-state index is -0.965. The van der Waals surface area contributed by atoms with Crippen LogP contribution in [0.5, 0.6) is 5.75 Å². The lowest BCUT2D eigenvalue weighted by Crippen LogP contribution is -2.06. The van der Waals surface area contributed by atoms with Crippen molar-refractivity contribution in [1.82, 2.24) is 14.4 Å². The number of nitrogens with one attached hydrogen (secondary N) is 1. The molecule has 144 valence electrons. The van der Waals surface area contributed by atoms with Crippen LogP contribution in [0.1, 0.15) is 28.7 Å². The number of aromatic carboxylic acids is 1. The number of carboxylic acids is 1. The summed E-state index contributed by atoms with van der Waals surface area (Å²) in [4.78, 5) is 19.6. The molecule has 0 spiro atoms. The van der Waals surface area contributed by atoms with E-state index in [-0.39, 0.29) is 5.56 Å². The Morgan fingerprint density at radius 2 is 2.04 bits per heavy atom. The van der Waals surface area contributed by atoms with Crippen LogP contribution in [0.2, 0.25) is 0 Å². The van der Waals surface area contributed by atoms with E-state index in [4.69, 9.17) is 14.5 Å². The minimum absolute atomic E-state index is 0.228. The predicted molar refractivity (Wildman–Crippen MR) is 106 cm³/mol. The number of pyridine rings is 1. The van der Waals surface area contributed by atoms with Crippen LogP contribution in [0.3, 0.4) is 0 Å². The number of fused-ring (bicyclic) bond motifs is 2. The van der Waals surface area contributed by atoms with Crippen molar-refractivity contribution in [3.63, 3.8) is 0 Å². The number of imidazole rings is 1. The molecule has 2 N–H and O–H groups in total. The van der Waals surface area contributed by atoms with Crippen LogP contribution in [0, 0.1) is 0 Å². The first-order valence-electron chi connectivity index (χ1n) is 8.99. The number of methoxy groups -OCH3 is 2. The fourth-order valence-electron chi connectivity index (χ4n) is 3.55. The molecule has 0 atom stereocenters. The Morgan fingerprint density at radius 3 is 2.71 bits per heavy atom. The van der Waals surface area contributed by atoms with Crippen molar-refractivity contribution in [1.29, 1.82) is 0 Å². The van der Waals surface area contributed by atoms with Gasteiger partial charge in [-0.3, -0.25) is 4.40 Å². The zero-order valence-electron chi connectivity index (χ0n) is 15.9. The molecule has 0 fully saturated rings. The lowest BCUT2D eigenvalue weighted by atomic mass is 10.2. The molecule has 3 aromatic heterocycles. The van der Waals surface area contributed by atoms with Crippen molar-refractivity contribution in [3.8, 4) is 17.1 Å². The van der Waals surface area contributed by atoms with Gasteiger partial charge in [0.15, 0.2) is 0 Å². The molecule has 7 nitrogen and oxygen atoms in total. The van der Waals surface area contributed by atoms with E-state index in [1.165, 1.54) is 0 Å². The Hall–Kier alpha value is -3.32. The number of carboxylic acid groups (broad SMARTS) is 1. The zero-order chi connectivity index (χ0) is 19.8. The highest BCUT2D eigenvalue weighted by Gasteiger charge is 2.19. The van der Waals surface area contributed by atoms with Gasteiger partial charge in [0.1, 0.15) is 17.1 Å². The van der Waals surface area contributed by atoms with E-state index in [1.807, 2.05) is 35.6 Å². The number of carbonyl (C=O) groups is 1. The van der Waals surface area contributed by atoms with Crippen molar-refractivity contribution in [2.75, 3.05) is 14.2 Å². The molecule has 0 bridgehead atoms. The third-order valence-corrected chi connectivity index (χ3v) is 4.87. The number of rotatable bonds is 6. The molecular formula is C21H21N3O4. The summed E-state index contributed by atoms with van der Waals surface area (Å²) in [5, 5.41) is 10.5. The maximum atomic E-state index is 11.5. The van der Waals surface area contributed by atoms with Crippen LogP contribution in [0.4, 0.5) is 0 Å². The second-order valence-corrected chi connectivity index (χ2v) is 6.56. The number of aryl methyl sites for hydroxylation is 1. The number of aromatic amines is 1. The number of aromatic nitrogens is 3. The summed E-state index contributed by atoms with van der Waals surface area (Å²) < 4.78 is 12.7. The monoisotopic (exact) mass is 379 g/mol. The van der Waals surface area contributed by atoms with Gasteiger partial charge in [-0.15, -0.1) is 0 Å². The summed E-state index contributed by atoms with van der Waals surface area (Å²) in [6.45, 7) is 2.35. The predicted octanol–water partition coefficient (Wildman–Crippen LogP) is 3.90. The molecule has 4 aromatic rings. The smallest absolute Gasteiger partial charge is 0.335 e. The maximum Gasteiger partial charge on any atom is 0.335 e. The minimum Gasteiger partial charge on any atom is -0.497 e. The first kappa shape index (κ1) is 18.1. The van der Waals surface area contributed by atoms with Crippen LogP contribution in [-0.2, 0) is 17.8 Å². The van der Waals surface area contributed by atoms with E-state index < -0.39 is 5.97 Å². The van der Waals surface area contributed by atoms with E-state index in [0.29, 0.717) is 18.7 Å². The van der Waals surface area contributed by atoms with Gasteiger partial charge in [-0.25, -0.2) is 9.78 Å². The van der Waals surface area contributed by atoms with E-state index >= 15 is 0 Å². The topological polar surface area (TPSA) is 88.9 Å². The number of hydrogen-bond acceptors (Lipinski definition) is 4. The lowest BCUT2D eigenvalue weighted by Gasteiger charge is -2.09. The van der Waals surface area contributed by atoms with Gasteiger partial charge in [-0.1, -0.05) is 6.92 Å². The molecule has 0 saturated heterocycles. The van der Waals surface area contributed by atoms with E-state index in [1.54, 1.807) is 26.4 Å². The average Bonchev–Trinajstić information content (AvgIpc) is 3.28. The molecule has 3 heterocycles. The number of benzene rings is 1. The molecule has 0 saturated carbocycles. The van der Waals surface area contributed by atoms with Crippen LogP contribution >= 0.6 is 0 Å². The van der Waals surface area contributed by atoms with Gasteiger partial charge in [0.05, 0.1) is 30.7 Å². The van der Waals surface area contributed by atoms with E-state index in [0.717, 1.165) is 39.4 Å². The molecule has 0 aliphatic rings. The second-order valence-electron chi connectivity index (χ2n) is 6.56. The van der Waals surface area contributed by atoms with Gasteiger partial charge in [-0.05, 0) is 36.8 Å². The molecule has 28 heavy (non-hydrogen) atoms. The summed E-state index contributed by atoms with van der Waals surface area (Å²) in [5.41, 5.74) is 5.11. The lowest BCUT2D eigenvalue weighted by molar-refractivity contribution is 0.0696. The standard InChI is InChI=1S/C21H21N3O4/c1-4-14-7-13(21(25)26)9-19-23-20(18(11-27-2)24(14)19)17-8-12-5-6-15(28-3)10-16(12)22-17/h5-10,22H,4,11H2,1-3H3,(H,25,26). The molecule has 0 aliphatic heterocycles. The fourth-order valence-corrected chi connectivity index (χ4v) is 3.55. The zero-order valence-corrected chi connectivity index (χ0v) is 15.9. The first-order chi connectivity index (χ1) is 13.5. The molecule has 1 aromatic carbocycles. The summed E-state index contributed by atoms with van der Waals surface area (Å²) in [6, 6.07) is 11.1. The summed E-state index contributed by atoms with van der Waals surface area (Å²) in [5.74, 6) is -0.194.